The molecule has 1 aliphatic heterocycles. The van der Waals surface area contributed by atoms with Gasteiger partial charge in [-0.25, -0.2) is 0 Å². The number of ether oxygens (including phenoxy) is 1. The highest BCUT2D eigenvalue weighted by Crippen LogP contribution is 2.19. The molecule has 1 unspecified atom stereocenters. The highest BCUT2D eigenvalue weighted by atomic mass is 16.5. The number of carbonyl (C=O) groups is 1. The molecule has 1 aromatic heterocycles. The predicted molar refractivity (Wildman–Crippen MR) is 70.4 cm³/mol. The number of methoxy groups -OCH3 is 1. The number of piperazine rings is 1. The third-order valence-corrected chi connectivity index (χ3v) is 2.98. The molecular weight excluding hydrogens is 248 g/mol. The lowest BCUT2D eigenvalue weighted by Crippen LogP contribution is -2.55. The second kappa shape index (κ2) is 5.68. The average Bonchev–Trinajstić information content (AvgIpc) is 2.46. The summed E-state index contributed by atoms with van der Waals surface area (Å²) in [5.41, 5.74) is 0. The molecule has 2 N–H and O–H groups in total. The van der Waals surface area contributed by atoms with E-state index in [1.165, 1.54) is 7.11 Å². The van der Waals surface area contributed by atoms with Gasteiger partial charge in [-0.05, 0) is 6.42 Å². The zero-order chi connectivity index (χ0) is 13.8. The Morgan fingerprint density at radius 1 is 1.47 bits per heavy atom. The summed E-state index contributed by atoms with van der Waals surface area (Å²) in [6, 6.07) is -0.0271. The van der Waals surface area contributed by atoms with Crippen molar-refractivity contribution in [3.63, 3.8) is 0 Å². The maximum absolute atomic E-state index is 11.8. The van der Waals surface area contributed by atoms with Gasteiger partial charge in [0.1, 0.15) is 6.04 Å². The molecule has 1 aromatic rings. The normalized spacial score (nSPS) is 19.0. The van der Waals surface area contributed by atoms with E-state index >= 15 is 0 Å². The number of carbonyl (C=O) groups excluding carboxylic acids is 1. The number of hydrogen-bond donors (Lipinski definition) is 2. The van der Waals surface area contributed by atoms with Crippen LogP contribution in [0, 0.1) is 0 Å². The summed E-state index contributed by atoms with van der Waals surface area (Å²) in [6.45, 7) is 3.21. The molecule has 1 atom stereocenters. The number of rotatable bonds is 4. The number of nitrogens with one attached hydrogen (secondary N) is 2. The number of anilines is 2. The van der Waals surface area contributed by atoms with Gasteiger partial charge in [-0.1, -0.05) is 6.92 Å². The van der Waals surface area contributed by atoms with E-state index in [0.29, 0.717) is 31.4 Å². The minimum absolute atomic E-state index is 0.000799. The first-order valence-corrected chi connectivity index (χ1v) is 6.21. The first-order chi connectivity index (χ1) is 9.19. The Labute approximate surface area is 111 Å². The number of hydrogen-bond acceptors (Lipinski definition) is 7. The fourth-order valence-electron chi connectivity index (χ4n) is 2.04. The largest absolute Gasteiger partial charge is 0.467 e. The Kier molecular flexibility index (Phi) is 3.98. The van der Waals surface area contributed by atoms with Crippen molar-refractivity contribution in [1.82, 2.24) is 20.3 Å². The summed E-state index contributed by atoms with van der Waals surface area (Å²) in [6.07, 6.45) is 0.689. The van der Waals surface area contributed by atoms with Crippen molar-refractivity contribution >= 4 is 17.8 Å². The van der Waals surface area contributed by atoms with E-state index in [1.54, 1.807) is 7.05 Å². The first kappa shape index (κ1) is 13.3. The molecule has 0 saturated carbocycles. The molecule has 2 rings (SSSR count). The summed E-state index contributed by atoms with van der Waals surface area (Å²) < 4.78 is 5.05. The zero-order valence-corrected chi connectivity index (χ0v) is 11.3. The van der Waals surface area contributed by atoms with E-state index in [2.05, 4.69) is 25.6 Å². The molecule has 0 bridgehead atoms. The molecule has 8 nitrogen and oxygen atoms in total. The van der Waals surface area contributed by atoms with Crippen LogP contribution >= 0.6 is 0 Å². The predicted octanol–water partition coefficient (Wildman–Crippen LogP) is -0.363. The van der Waals surface area contributed by atoms with Crippen LogP contribution in [0.15, 0.2) is 0 Å². The van der Waals surface area contributed by atoms with E-state index in [9.17, 15) is 4.79 Å². The Hall–Kier alpha value is -2.12. The Bertz CT molecular complexity index is 444. The van der Waals surface area contributed by atoms with Crippen LogP contribution in [0.3, 0.4) is 0 Å². The highest BCUT2D eigenvalue weighted by molar-refractivity contribution is 5.85. The monoisotopic (exact) mass is 266 g/mol. The van der Waals surface area contributed by atoms with Crippen molar-refractivity contribution in [1.29, 1.82) is 0 Å². The number of nitrogens with zero attached hydrogens (tertiary/aromatic N) is 4. The summed E-state index contributed by atoms with van der Waals surface area (Å²) in [7, 11) is 3.22. The van der Waals surface area contributed by atoms with Crippen LogP contribution in [-0.4, -0.2) is 54.1 Å². The van der Waals surface area contributed by atoms with Crippen LogP contribution in [0.5, 0.6) is 6.01 Å². The summed E-state index contributed by atoms with van der Waals surface area (Å²) in [5.74, 6) is 0.875. The summed E-state index contributed by atoms with van der Waals surface area (Å²) >= 11 is 0. The molecule has 1 aliphatic rings. The lowest BCUT2D eigenvalue weighted by Gasteiger charge is -2.34. The number of amides is 1. The quantitative estimate of drug-likeness (QED) is 0.768. The van der Waals surface area contributed by atoms with Gasteiger partial charge in [0.25, 0.3) is 0 Å². The highest BCUT2D eigenvalue weighted by Gasteiger charge is 2.30. The van der Waals surface area contributed by atoms with Gasteiger partial charge in [0.05, 0.1) is 7.11 Å². The minimum atomic E-state index is -0.259. The fraction of sp³-hybridized carbons (Fsp3) is 0.636. The van der Waals surface area contributed by atoms with Crippen molar-refractivity contribution in [3.05, 3.63) is 0 Å². The van der Waals surface area contributed by atoms with Gasteiger partial charge in [-0.15, -0.1) is 0 Å². The van der Waals surface area contributed by atoms with Crippen molar-refractivity contribution in [2.24, 2.45) is 0 Å². The molecule has 2 heterocycles. The maximum atomic E-state index is 11.8. The molecular formula is C11H18N6O2. The van der Waals surface area contributed by atoms with Crippen LogP contribution in [0.4, 0.5) is 11.9 Å². The molecule has 19 heavy (non-hydrogen) atoms. The Balaban J connectivity index is 2.35. The minimum Gasteiger partial charge on any atom is -0.467 e. The standard InChI is InChI=1S/C11H18N6O2/c1-4-7-8(18)13-5-6-17(7)10-14-9(12-2)15-11(16-10)19-3/h7H,4-6H2,1-3H3,(H,13,18)(H,12,14,15,16). The topological polar surface area (TPSA) is 92.3 Å². The van der Waals surface area contributed by atoms with E-state index < -0.39 is 0 Å². The van der Waals surface area contributed by atoms with Crippen LogP contribution < -0.4 is 20.3 Å². The van der Waals surface area contributed by atoms with Crippen molar-refractivity contribution in [2.45, 2.75) is 19.4 Å². The average molecular weight is 266 g/mol. The molecule has 1 saturated heterocycles. The smallest absolute Gasteiger partial charge is 0.322 e. The van der Waals surface area contributed by atoms with Crippen LogP contribution in [0.25, 0.3) is 0 Å². The van der Waals surface area contributed by atoms with Crippen LogP contribution in [0.2, 0.25) is 0 Å². The molecule has 0 spiro atoms. The fourth-order valence-corrected chi connectivity index (χ4v) is 2.04. The van der Waals surface area contributed by atoms with E-state index in [0.717, 1.165) is 0 Å². The molecule has 8 heteroatoms. The third-order valence-electron chi connectivity index (χ3n) is 2.98. The van der Waals surface area contributed by atoms with Gasteiger partial charge >= 0.3 is 6.01 Å². The first-order valence-electron chi connectivity index (χ1n) is 6.21. The maximum Gasteiger partial charge on any atom is 0.322 e. The van der Waals surface area contributed by atoms with Gasteiger partial charge in [0.15, 0.2) is 0 Å². The van der Waals surface area contributed by atoms with E-state index in [4.69, 9.17) is 4.74 Å². The SMILES string of the molecule is CCC1C(=O)NCCN1c1nc(NC)nc(OC)n1. The van der Waals surface area contributed by atoms with Crippen molar-refractivity contribution in [3.8, 4) is 6.01 Å². The lowest BCUT2D eigenvalue weighted by molar-refractivity contribution is -0.123. The lowest BCUT2D eigenvalue weighted by atomic mass is 10.1. The molecule has 0 aliphatic carbocycles. The van der Waals surface area contributed by atoms with E-state index in [-0.39, 0.29) is 18.0 Å². The third kappa shape index (κ3) is 2.67. The second-order valence-corrected chi connectivity index (χ2v) is 4.10. The molecule has 0 aromatic carbocycles. The van der Waals surface area contributed by atoms with Gasteiger partial charge in [-0.2, -0.15) is 15.0 Å². The van der Waals surface area contributed by atoms with Gasteiger partial charge in [0.2, 0.25) is 17.8 Å². The summed E-state index contributed by atoms with van der Waals surface area (Å²) in [5, 5.41) is 5.70. The van der Waals surface area contributed by atoms with Crippen molar-refractivity contribution < 1.29 is 9.53 Å². The van der Waals surface area contributed by atoms with Crippen LogP contribution in [0.1, 0.15) is 13.3 Å². The molecule has 1 amide bonds. The number of aromatic nitrogens is 3. The molecule has 0 radical (unpaired) electrons. The molecule has 1 fully saturated rings. The second-order valence-electron chi connectivity index (χ2n) is 4.10. The van der Waals surface area contributed by atoms with Crippen LogP contribution in [-0.2, 0) is 4.79 Å². The Morgan fingerprint density at radius 3 is 2.89 bits per heavy atom. The van der Waals surface area contributed by atoms with Gasteiger partial charge in [-0.3, -0.25) is 4.79 Å². The zero-order valence-electron chi connectivity index (χ0n) is 11.3. The molecule has 104 valence electrons. The van der Waals surface area contributed by atoms with Gasteiger partial charge < -0.3 is 20.3 Å². The van der Waals surface area contributed by atoms with Gasteiger partial charge in [0, 0.05) is 20.1 Å². The van der Waals surface area contributed by atoms with E-state index in [1.807, 2.05) is 11.8 Å². The Morgan fingerprint density at radius 2 is 2.26 bits per heavy atom. The van der Waals surface area contributed by atoms with Crippen molar-refractivity contribution in [2.75, 3.05) is 37.5 Å². The summed E-state index contributed by atoms with van der Waals surface area (Å²) in [4.78, 5) is 26.3.